The molecular formula is C26H45N9O5. The molecule has 0 unspecified atom stereocenters. The van der Waals surface area contributed by atoms with Crippen molar-refractivity contribution < 1.29 is 24.0 Å². The lowest BCUT2D eigenvalue weighted by molar-refractivity contribution is -0.141. The summed E-state index contributed by atoms with van der Waals surface area (Å²) in [7, 11) is 0. The number of amides is 3. The Kier molecular flexibility index (Phi) is 12.0. The number of carbonyl (C=O) groups is 5. The molecule has 0 saturated carbocycles. The molecule has 224 valence electrons. The first-order chi connectivity index (χ1) is 18.3. The number of carbonyl (C=O) groups excluding carboxylic acids is 5. The molecule has 0 spiro atoms. The van der Waals surface area contributed by atoms with E-state index in [1.807, 2.05) is 0 Å². The summed E-state index contributed by atoms with van der Waals surface area (Å²) >= 11 is 0. The number of nitrogens with zero attached hydrogens (tertiary/aromatic N) is 2. The van der Waals surface area contributed by atoms with Crippen molar-refractivity contribution in [3.8, 4) is 0 Å². The largest absolute Gasteiger partial charge is 0.370 e. The van der Waals surface area contributed by atoms with E-state index in [1.54, 1.807) is 47.7 Å². The molecule has 3 amide bonds. The molecule has 0 aliphatic rings. The summed E-state index contributed by atoms with van der Waals surface area (Å²) in [6.45, 7) is 9.72. The summed E-state index contributed by atoms with van der Waals surface area (Å²) in [6.07, 6.45) is 3.49. The molecule has 0 aromatic carbocycles. The number of nitrogens with two attached hydrogens (primary N) is 4. The first-order valence-corrected chi connectivity index (χ1v) is 13.1. The van der Waals surface area contributed by atoms with Crippen LogP contribution in [0.1, 0.15) is 72.9 Å². The fourth-order valence-corrected chi connectivity index (χ4v) is 3.78. The van der Waals surface area contributed by atoms with E-state index in [2.05, 4.69) is 25.6 Å². The first kappa shape index (κ1) is 34.2. The van der Waals surface area contributed by atoms with Gasteiger partial charge in [-0.25, -0.2) is 4.98 Å². The van der Waals surface area contributed by atoms with E-state index in [-0.39, 0.29) is 49.8 Å². The molecule has 0 saturated heterocycles. The number of hydrogen-bond donors (Lipinski definition) is 7. The van der Waals surface area contributed by atoms with E-state index in [1.165, 1.54) is 6.33 Å². The lowest BCUT2D eigenvalue weighted by Crippen LogP contribution is -2.56. The van der Waals surface area contributed by atoms with Gasteiger partial charge >= 0.3 is 0 Å². The lowest BCUT2D eigenvalue weighted by atomic mass is 9.73. The van der Waals surface area contributed by atoms with Gasteiger partial charge < -0.3 is 38.6 Å². The Bertz CT molecular complexity index is 1090. The molecule has 1 aromatic rings. The smallest absolute Gasteiger partial charge is 0.240 e. The lowest BCUT2D eigenvalue weighted by Gasteiger charge is -2.33. The van der Waals surface area contributed by atoms with Crippen molar-refractivity contribution in [2.24, 2.45) is 38.8 Å². The highest BCUT2D eigenvalue weighted by atomic mass is 16.2. The predicted octanol–water partition coefficient (Wildman–Crippen LogP) is -0.831. The van der Waals surface area contributed by atoms with Gasteiger partial charge in [-0.3, -0.25) is 29.0 Å². The maximum atomic E-state index is 13.3. The van der Waals surface area contributed by atoms with E-state index < -0.39 is 46.2 Å². The first-order valence-electron chi connectivity index (χ1n) is 13.1. The van der Waals surface area contributed by atoms with Gasteiger partial charge in [0.2, 0.25) is 17.7 Å². The molecule has 0 radical (unpaired) electrons. The topological polar surface area (TPSA) is 255 Å². The second-order valence-corrected chi connectivity index (χ2v) is 11.8. The van der Waals surface area contributed by atoms with Crippen LogP contribution in [0.2, 0.25) is 0 Å². The number of rotatable bonds is 17. The number of ketones is 2. The summed E-state index contributed by atoms with van der Waals surface area (Å²) in [5.74, 6) is -2.56. The van der Waals surface area contributed by atoms with Gasteiger partial charge in [0, 0.05) is 43.1 Å². The summed E-state index contributed by atoms with van der Waals surface area (Å²) < 4.78 is 0. The minimum atomic E-state index is -1.29. The van der Waals surface area contributed by atoms with E-state index in [9.17, 15) is 24.0 Å². The molecule has 14 nitrogen and oxygen atoms in total. The number of nitrogens with one attached hydrogen (secondary N) is 3. The SMILES string of the molecule is CC(C)(CC(=O)C(C)(C)NC(=O)[C@@H](N)Cc1cnc[nH]1)C(=O)CC(C)(C)C(=O)N[C@@H](CCCN=C(N)N)C(N)=O. The average molecular weight is 564 g/mol. The van der Waals surface area contributed by atoms with E-state index in [0.29, 0.717) is 12.1 Å². The zero-order valence-electron chi connectivity index (χ0n) is 24.3. The van der Waals surface area contributed by atoms with Crippen molar-refractivity contribution in [3.63, 3.8) is 0 Å². The van der Waals surface area contributed by atoms with Gasteiger partial charge in [-0.05, 0) is 26.7 Å². The van der Waals surface area contributed by atoms with Crippen molar-refractivity contribution in [1.82, 2.24) is 20.6 Å². The van der Waals surface area contributed by atoms with Gasteiger partial charge in [-0.2, -0.15) is 0 Å². The zero-order valence-corrected chi connectivity index (χ0v) is 24.3. The summed E-state index contributed by atoms with van der Waals surface area (Å²) in [4.78, 5) is 74.5. The van der Waals surface area contributed by atoms with Crippen molar-refractivity contribution in [3.05, 3.63) is 18.2 Å². The molecule has 1 aromatic heterocycles. The number of hydrogen-bond acceptors (Lipinski definition) is 8. The number of aliphatic imine (C=N–C) groups is 1. The highest BCUT2D eigenvalue weighted by molar-refractivity contribution is 5.99. The highest BCUT2D eigenvalue weighted by Gasteiger charge is 2.41. The Morgan fingerprint density at radius 2 is 1.57 bits per heavy atom. The minimum absolute atomic E-state index is 0.0833. The second-order valence-electron chi connectivity index (χ2n) is 11.8. The molecule has 0 aliphatic carbocycles. The Balaban J connectivity index is 2.78. The summed E-state index contributed by atoms with van der Waals surface area (Å²) in [5, 5.41) is 5.27. The fraction of sp³-hybridized carbons (Fsp3) is 0.654. The molecule has 40 heavy (non-hydrogen) atoms. The van der Waals surface area contributed by atoms with Crippen LogP contribution in [-0.2, 0) is 30.4 Å². The van der Waals surface area contributed by atoms with Crippen LogP contribution in [0.5, 0.6) is 0 Å². The molecular weight excluding hydrogens is 518 g/mol. The zero-order chi connectivity index (χ0) is 30.9. The third kappa shape index (κ3) is 10.8. The summed E-state index contributed by atoms with van der Waals surface area (Å²) in [5.41, 5.74) is 19.0. The maximum Gasteiger partial charge on any atom is 0.240 e. The number of H-pyrrole nitrogens is 1. The van der Waals surface area contributed by atoms with Crippen molar-refractivity contribution in [2.45, 2.75) is 91.3 Å². The number of Topliss-reactive ketones (excluding diaryl/α,β-unsaturated/α-hetero) is 2. The van der Waals surface area contributed by atoms with Crippen LogP contribution in [0.3, 0.4) is 0 Å². The van der Waals surface area contributed by atoms with Gasteiger partial charge in [0.15, 0.2) is 11.7 Å². The second kappa shape index (κ2) is 14.0. The number of aromatic nitrogens is 2. The molecule has 1 rings (SSSR count). The number of guanidine groups is 1. The summed E-state index contributed by atoms with van der Waals surface area (Å²) in [6, 6.07) is -1.87. The number of imidazole rings is 1. The molecule has 0 fully saturated rings. The number of primary amides is 1. The van der Waals surface area contributed by atoms with E-state index in [0.717, 1.165) is 0 Å². The van der Waals surface area contributed by atoms with Crippen LogP contribution in [0.25, 0.3) is 0 Å². The van der Waals surface area contributed by atoms with Gasteiger partial charge in [-0.15, -0.1) is 0 Å². The highest BCUT2D eigenvalue weighted by Crippen LogP contribution is 2.32. The molecule has 14 heteroatoms. The van der Waals surface area contributed by atoms with Crippen LogP contribution >= 0.6 is 0 Å². The van der Waals surface area contributed by atoms with Crippen molar-refractivity contribution >= 4 is 35.2 Å². The fourth-order valence-electron chi connectivity index (χ4n) is 3.78. The molecule has 2 atom stereocenters. The Labute approximate surface area is 234 Å². The van der Waals surface area contributed by atoms with Gasteiger partial charge in [0.25, 0.3) is 0 Å². The van der Waals surface area contributed by atoms with E-state index >= 15 is 0 Å². The van der Waals surface area contributed by atoms with Crippen LogP contribution in [0.15, 0.2) is 17.5 Å². The van der Waals surface area contributed by atoms with Crippen LogP contribution < -0.4 is 33.6 Å². The van der Waals surface area contributed by atoms with E-state index in [4.69, 9.17) is 22.9 Å². The van der Waals surface area contributed by atoms with Gasteiger partial charge in [0.1, 0.15) is 11.8 Å². The molecule has 1 heterocycles. The van der Waals surface area contributed by atoms with Crippen molar-refractivity contribution in [1.29, 1.82) is 0 Å². The molecule has 0 bridgehead atoms. The predicted molar refractivity (Wildman–Crippen MR) is 150 cm³/mol. The number of aromatic amines is 1. The van der Waals surface area contributed by atoms with Gasteiger partial charge in [0.05, 0.1) is 23.3 Å². The Hall–Kier alpha value is -3.81. The van der Waals surface area contributed by atoms with Crippen LogP contribution in [-0.4, -0.2) is 69.4 Å². The Morgan fingerprint density at radius 3 is 2.10 bits per heavy atom. The quantitative estimate of drug-likeness (QED) is 0.0708. The Morgan fingerprint density at radius 1 is 0.975 bits per heavy atom. The van der Waals surface area contributed by atoms with Crippen LogP contribution in [0.4, 0.5) is 0 Å². The molecule has 11 N–H and O–H groups in total. The molecule has 0 aliphatic heterocycles. The van der Waals surface area contributed by atoms with Crippen molar-refractivity contribution in [2.75, 3.05) is 6.54 Å². The standard InChI is InChI=1S/C26H45N9O5/c1-24(2,12-19(37)26(5,6)35-21(39)16(27)10-15-13-31-14-33-15)18(36)11-25(3,4)22(40)34-17(20(28)38)8-7-9-32-23(29)30/h13-14,16-17H,7-12,27H2,1-6H3,(H2,28,38)(H,31,33)(H,34,40)(H,35,39)(H4,29,30,32)/t16-,17-/m0/s1. The minimum Gasteiger partial charge on any atom is -0.370 e. The third-order valence-electron chi connectivity index (χ3n) is 6.63. The maximum absolute atomic E-state index is 13.3. The monoisotopic (exact) mass is 563 g/mol. The normalized spacial score (nSPS) is 13.6. The third-order valence-corrected chi connectivity index (χ3v) is 6.63. The van der Waals surface area contributed by atoms with Gasteiger partial charge in [-0.1, -0.05) is 27.7 Å². The van der Waals surface area contributed by atoms with Crippen LogP contribution in [0, 0.1) is 10.8 Å². The average Bonchev–Trinajstić information content (AvgIpc) is 3.32.